The first-order valence-corrected chi connectivity index (χ1v) is 5.85. The fourth-order valence-corrected chi connectivity index (χ4v) is 2.13. The van der Waals surface area contributed by atoms with Crippen LogP contribution in [0.4, 0.5) is 0 Å². The minimum Gasteiger partial charge on any atom is -0.263 e. The number of halogens is 4. The van der Waals surface area contributed by atoms with Crippen LogP contribution in [-0.2, 0) is 0 Å². The van der Waals surface area contributed by atoms with Crippen molar-refractivity contribution in [3.63, 3.8) is 0 Å². The van der Waals surface area contributed by atoms with Gasteiger partial charge in [-0.2, -0.15) is 0 Å². The fourth-order valence-electron chi connectivity index (χ4n) is 1.31. The van der Waals surface area contributed by atoms with Gasteiger partial charge in [-0.05, 0) is 12.1 Å². The van der Waals surface area contributed by atoms with Gasteiger partial charge in [0.2, 0.25) is 0 Å². The number of pyridine rings is 1. The molecule has 1 aromatic heterocycles. The SMILES string of the molecule is Clc1cncc(-c2ccc(Cl)c(Cl)c2Cl)c1. The summed E-state index contributed by atoms with van der Waals surface area (Å²) in [4.78, 5) is 3.99. The molecule has 0 N–H and O–H groups in total. The Hall–Kier alpha value is -0.470. The predicted molar refractivity (Wildman–Crippen MR) is 69.7 cm³/mol. The lowest BCUT2D eigenvalue weighted by Crippen LogP contribution is -1.83. The average Bonchev–Trinajstić information content (AvgIpc) is 2.26. The van der Waals surface area contributed by atoms with Gasteiger partial charge in [0, 0.05) is 23.5 Å². The van der Waals surface area contributed by atoms with E-state index in [2.05, 4.69) is 4.98 Å². The monoisotopic (exact) mass is 291 g/mol. The van der Waals surface area contributed by atoms with Crippen molar-refractivity contribution in [1.29, 1.82) is 0 Å². The Labute approximate surface area is 113 Å². The predicted octanol–water partition coefficient (Wildman–Crippen LogP) is 5.36. The van der Waals surface area contributed by atoms with Gasteiger partial charge in [0.1, 0.15) is 0 Å². The molecule has 0 fully saturated rings. The molecule has 0 bridgehead atoms. The van der Waals surface area contributed by atoms with Crippen LogP contribution in [0.5, 0.6) is 0 Å². The van der Waals surface area contributed by atoms with E-state index in [9.17, 15) is 0 Å². The smallest absolute Gasteiger partial charge is 0.0784 e. The molecule has 0 atom stereocenters. The molecule has 1 heterocycles. The van der Waals surface area contributed by atoms with E-state index in [0.29, 0.717) is 20.1 Å². The molecule has 5 heteroatoms. The van der Waals surface area contributed by atoms with Crippen LogP contribution in [0.25, 0.3) is 11.1 Å². The van der Waals surface area contributed by atoms with Crippen molar-refractivity contribution in [1.82, 2.24) is 4.98 Å². The van der Waals surface area contributed by atoms with Crippen LogP contribution in [0.2, 0.25) is 20.1 Å². The maximum absolute atomic E-state index is 6.10. The van der Waals surface area contributed by atoms with Gasteiger partial charge in [-0.1, -0.05) is 52.5 Å². The second-order valence-corrected chi connectivity index (χ2v) is 4.71. The quantitative estimate of drug-likeness (QED) is 0.645. The van der Waals surface area contributed by atoms with Crippen molar-refractivity contribution < 1.29 is 0 Å². The average molecular weight is 293 g/mol. The summed E-state index contributed by atoms with van der Waals surface area (Å²) in [7, 11) is 0. The van der Waals surface area contributed by atoms with E-state index in [4.69, 9.17) is 46.4 Å². The lowest BCUT2D eigenvalue weighted by Gasteiger charge is -2.07. The minimum absolute atomic E-state index is 0.334. The van der Waals surface area contributed by atoms with E-state index in [-0.39, 0.29) is 0 Å². The lowest BCUT2D eigenvalue weighted by molar-refractivity contribution is 1.33. The van der Waals surface area contributed by atoms with Crippen molar-refractivity contribution in [2.75, 3.05) is 0 Å². The first kappa shape index (κ1) is 12.0. The van der Waals surface area contributed by atoms with Crippen LogP contribution < -0.4 is 0 Å². The van der Waals surface area contributed by atoms with Gasteiger partial charge in [0.05, 0.1) is 20.1 Å². The Morgan fingerprint density at radius 3 is 2.31 bits per heavy atom. The summed E-state index contributed by atoms with van der Waals surface area (Å²) in [5.74, 6) is 0. The van der Waals surface area contributed by atoms with E-state index >= 15 is 0 Å². The van der Waals surface area contributed by atoms with Gasteiger partial charge in [-0.3, -0.25) is 4.98 Å². The van der Waals surface area contributed by atoms with Crippen LogP contribution in [0.1, 0.15) is 0 Å². The molecule has 0 aliphatic rings. The highest BCUT2D eigenvalue weighted by molar-refractivity contribution is 6.49. The molecule has 1 aromatic carbocycles. The Morgan fingerprint density at radius 2 is 1.62 bits per heavy atom. The van der Waals surface area contributed by atoms with Crippen molar-refractivity contribution >= 4 is 46.4 Å². The second kappa shape index (κ2) is 4.80. The largest absolute Gasteiger partial charge is 0.263 e. The van der Waals surface area contributed by atoms with Crippen LogP contribution in [0.15, 0.2) is 30.6 Å². The summed E-state index contributed by atoms with van der Waals surface area (Å²) < 4.78 is 0. The van der Waals surface area contributed by atoms with Gasteiger partial charge in [-0.15, -0.1) is 0 Å². The molecule has 0 aliphatic carbocycles. The van der Waals surface area contributed by atoms with Crippen LogP contribution in [0.3, 0.4) is 0 Å². The van der Waals surface area contributed by atoms with Crippen molar-refractivity contribution in [3.05, 3.63) is 50.7 Å². The zero-order valence-electron chi connectivity index (χ0n) is 7.85. The molecule has 0 amide bonds. The third-order valence-electron chi connectivity index (χ3n) is 2.05. The highest BCUT2D eigenvalue weighted by atomic mass is 35.5. The standard InChI is InChI=1S/C11H5Cl4N/c12-7-3-6(4-16-5-7)8-1-2-9(13)11(15)10(8)14/h1-5H. The molecular formula is C11H5Cl4N. The highest BCUT2D eigenvalue weighted by Gasteiger charge is 2.10. The van der Waals surface area contributed by atoms with Crippen LogP contribution >= 0.6 is 46.4 Å². The summed E-state index contributed by atoms with van der Waals surface area (Å²) in [6.45, 7) is 0. The van der Waals surface area contributed by atoms with Gasteiger partial charge < -0.3 is 0 Å². The van der Waals surface area contributed by atoms with E-state index in [1.54, 1.807) is 30.6 Å². The summed E-state index contributed by atoms with van der Waals surface area (Å²) in [6, 6.07) is 5.23. The molecule has 0 unspecified atom stereocenters. The van der Waals surface area contributed by atoms with E-state index in [1.807, 2.05) is 0 Å². The van der Waals surface area contributed by atoms with Gasteiger partial charge in [0.15, 0.2) is 0 Å². The first-order chi connectivity index (χ1) is 7.59. The number of nitrogens with zero attached hydrogens (tertiary/aromatic N) is 1. The Kier molecular flexibility index (Phi) is 3.60. The molecule has 0 aliphatic heterocycles. The number of hydrogen-bond donors (Lipinski definition) is 0. The maximum Gasteiger partial charge on any atom is 0.0784 e. The normalized spacial score (nSPS) is 10.5. The Bertz CT molecular complexity index is 540. The highest BCUT2D eigenvalue weighted by Crippen LogP contribution is 2.38. The molecule has 0 saturated carbocycles. The molecular weight excluding hydrogens is 288 g/mol. The molecule has 82 valence electrons. The zero-order chi connectivity index (χ0) is 11.7. The van der Waals surface area contributed by atoms with E-state index < -0.39 is 0 Å². The lowest BCUT2D eigenvalue weighted by atomic mass is 10.1. The molecule has 0 radical (unpaired) electrons. The molecule has 1 nitrogen and oxygen atoms in total. The molecule has 16 heavy (non-hydrogen) atoms. The Balaban J connectivity index is 2.61. The summed E-state index contributed by atoms with van der Waals surface area (Å²) in [5, 5.41) is 1.70. The van der Waals surface area contributed by atoms with Gasteiger partial charge in [0.25, 0.3) is 0 Å². The molecule has 2 rings (SSSR count). The number of rotatable bonds is 1. The van der Waals surface area contributed by atoms with Crippen LogP contribution in [0, 0.1) is 0 Å². The first-order valence-electron chi connectivity index (χ1n) is 4.34. The summed E-state index contributed by atoms with van der Waals surface area (Å²) >= 11 is 23.8. The Morgan fingerprint density at radius 1 is 0.875 bits per heavy atom. The van der Waals surface area contributed by atoms with Crippen molar-refractivity contribution in [3.8, 4) is 11.1 Å². The topological polar surface area (TPSA) is 12.9 Å². The van der Waals surface area contributed by atoms with Crippen LogP contribution in [-0.4, -0.2) is 4.98 Å². The fraction of sp³-hybridized carbons (Fsp3) is 0. The number of hydrogen-bond acceptors (Lipinski definition) is 1. The maximum atomic E-state index is 6.10. The number of aromatic nitrogens is 1. The summed E-state index contributed by atoms with van der Waals surface area (Å²) in [5.41, 5.74) is 1.56. The molecule has 2 aromatic rings. The summed E-state index contributed by atoms with van der Waals surface area (Å²) in [6.07, 6.45) is 3.22. The molecule has 0 spiro atoms. The third kappa shape index (κ3) is 2.28. The molecule has 0 saturated heterocycles. The zero-order valence-corrected chi connectivity index (χ0v) is 10.9. The minimum atomic E-state index is 0.334. The second-order valence-electron chi connectivity index (χ2n) is 3.11. The van der Waals surface area contributed by atoms with Gasteiger partial charge >= 0.3 is 0 Å². The van der Waals surface area contributed by atoms with E-state index in [0.717, 1.165) is 11.1 Å². The van der Waals surface area contributed by atoms with Crippen molar-refractivity contribution in [2.24, 2.45) is 0 Å². The third-order valence-corrected chi connectivity index (χ3v) is 3.55. The van der Waals surface area contributed by atoms with Gasteiger partial charge in [-0.25, -0.2) is 0 Å². The van der Waals surface area contributed by atoms with Crippen molar-refractivity contribution in [2.45, 2.75) is 0 Å². The van der Waals surface area contributed by atoms with E-state index in [1.165, 1.54) is 0 Å². The number of benzene rings is 1.